The predicted octanol–water partition coefficient (Wildman–Crippen LogP) is 3.74. The van der Waals surface area contributed by atoms with Gasteiger partial charge in [-0.1, -0.05) is 26.3 Å². The Labute approximate surface area is 72.7 Å². The second-order valence-corrected chi connectivity index (χ2v) is 5.05. The van der Waals surface area contributed by atoms with Crippen molar-refractivity contribution in [2.75, 3.05) is 0 Å². The maximum absolute atomic E-state index is 2.93. The van der Waals surface area contributed by atoms with Crippen LogP contribution in [0.2, 0.25) is 0 Å². The van der Waals surface area contributed by atoms with Crippen LogP contribution in [0.15, 0.2) is 10.9 Å². The van der Waals surface area contributed by atoms with E-state index < -0.39 is 0 Å². The molecule has 1 heteroatoms. The molecule has 1 aliphatic rings. The first-order valence-electron chi connectivity index (χ1n) is 4.50. The maximum atomic E-state index is 2.93. The van der Waals surface area contributed by atoms with Gasteiger partial charge < -0.3 is 0 Å². The topological polar surface area (TPSA) is 0 Å². The molecule has 0 aliphatic heterocycles. The van der Waals surface area contributed by atoms with Gasteiger partial charge in [0.05, 0.1) is 0 Å². The summed E-state index contributed by atoms with van der Waals surface area (Å²) < 4.78 is 0. The van der Waals surface area contributed by atoms with Crippen molar-refractivity contribution in [2.45, 2.75) is 46.5 Å². The van der Waals surface area contributed by atoms with Gasteiger partial charge in [0, 0.05) is 0 Å². The summed E-state index contributed by atoms with van der Waals surface area (Å²) in [5.41, 5.74) is 2.06. The van der Waals surface area contributed by atoms with E-state index in [0.717, 1.165) is 0 Å². The van der Waals surface area contributed by atoms with Crippen LogP contribution in [-0.2, 0) is 0 Å². The summed E-state index contributed by atoms with van der Waals surface area (Å²) in [7, 11) is 2.93. The van der Waals surface area contributed by atoms with Gasteiger partial charge in [-0.2, -0.15) is 0 Å². The molecule has 1 unspecified atom stereocenters. The zero-order valence-electron chi connectivity index (χ0n) is 7.91. The van der Waals surface area contributed by atoms with E-state index >= 15 is 0 Å². The lowest BCUT2D eigenvalue weighted by Crippen LogP contribution is -2.06. The molecule has 0 saturated heterocycles. The van der Waals surface area contributed by atoms with E-state index in [1.807, 2.05) is 0 Å². The third-order valence-corrected chi connectivity index (χ3v) is 3.67. The summed E-state index contributed by atoms with van der Waals surface area (Å²) in [6, 6.07) is 0. The molecule has 1 saturated carbocycles. The minimum absolute atomic E-state index is 0.365. The van der Waals surface area contributed by atoms with Gasteiger partial charge in [-0.25, -0.2) is 0 Å². The van der Waals surface area contributed by atoms with Crippen LogP contribution in [0.1, 0.15) is 46.5 Å². The van der Waals surface area contributed by atoms with E-state index in [4.69, 9.17) is 0 Å². The monoisotopic (exact) mass is 170 g/mol. The fraction of sp³-hybridized carbons (Fsp3) is 0.800. The van der Waals surface area contributed by atoms with Crippen molar-refractivity contribution in [1.82, 2.24) is 0 Å². The van der Waals surface area contributed by atoms with Crippen molar-refractivity contribution in [2.24, 2.45) is 5.41 Å². The van der Waals surface area contributed by atoms with Crippen molar-refractivity contribution in [3.8, 4) is 0 Å². The molecule has 0 nitrogen and oxygen atoms in total. The van der Waals surface area contributed by atoms with Crippen LogP contribution >= 0.6 is 9.24 Å². The van der Waals surface area contributed by atoms with Gasteiger partial charge in [-0.3, -0.25) is 0 Å². The van der Waals surface area contributed by atoms with Crippen molar-refractivity contribution in [1.29, 1.82) is 0 Å². The summed E-state index contributed by atoms with van der Waals surface area (Å²) in [4.78, 5) is 0. The second kappa shape index (κ2) is 3.27. The maximum Gasteiger partial charge on any atom is -0.0133 e. The Morgan fingerprint density at radius 1 is 1.18 bits per heavy atom. The van der Waals surface area contributed by atoms with Gasteiger partial charge in [-0.15, -0.1) is 9.24 Å². The second-order valence-electron chi connectivity index (χ2n) is 4.47. The molecule has 1 rings (SSSR count). The quantitative estimate of drug-likeness (QED) is 0.486. The molecule has 0 aromatic heterocycles. The Bertz CT molecular complexity index is 164. The highest BCUT2D eigenvalue weighted by atomic mass is 31.0. The summed E-state index contributed by atoms with van der Waals surface area (Å²) in [6.45, 7) is 6.88. The van der Waals surface area contributed by atoms with Gasteiger partial charge in [-0.05, 0) is 36.4 Å². The minimum atomic E-state index is 0.365. The molecule has 0 bridgehead atoms. The van der Waals surface area contributed by atoms with Crippen molar-refractivity contribution < 1.29 is 0 Å². The Balaban J connectivity index is 2.77. The van der Waals surface area contributed by atoms with Crippen LogP contribution in [0.4, 0.5) is 0 Å². The van der Waals surface area contributed by atoms with Gasteiger partial charge in [0.15, 0.2) is 0 Å². The standard InChI is InChI=1S/C10H19P/c1-10(2,3)9(11)8-6-4-5-7-8/h4-7,11H2,1-3H3. The Morgan fingerprint density at radius 2 is 1.64 bits per heavy atom. The molecule has 1 aliphatic carbocycles. The molecule has 1 atom stereocenters. The smallest absolute Gasteiger partial charge is 0.0133 e. The van der Waals surface area contributed by atoms with Crippen molar-refractivity contribution in [3.63, 3.8) is 0 Å². The molecule has 0 radical (unpaired) electrons. The summed E-state index contributed by atoms with van der Waals surface area (Å²) in [6.07, 6.45) is 5.50. The fourth-order valence-corrected chi connectivity index (χ4v) is 1.89. The molecule has 0 N–H and O–H groups in total. The summed E-state index contributed by atoms with van der Waals surface area (Å²) in [5.74, 6) is 0. The highest BCUT2D eigenvalue weighted by Crippen LogP contribution is 2.39. The van der Waals surface area contributed by atoms with Crippen LogP contribution in [0.3, 0.4) is 0 Å². The summed E-state index contributed by atoms with van der Waals surface area (Å²) in [5, 5.41) is 1.55. The van der Waals surface area contributed by atoms with E-state index in [-0.39, 0.29) is 0 Å². The Hall–Kier alpha value is 0.170. The first-order chi connectivity index (χ1) is 5.02. The number of hydrogen-bond acceptors (Lipinski definition) is 0. The Morgan fingerprint density at radius 3 is 2.00 bits per heavy atom. The molecule has 0 spiro atoms. The first-order valence-corrected chi connectivity index (χ1v) is 5.07. The van der Waals surface area contributed by atoms with Crippen LogP contribution in [0.25, 0.3) is 0 Å². The van der Waals surface area contributed by atoms with E-state index in [1.54, 1.807) is 10.9 Å². The van der Waals surface area contributed by atoms with E-state index in [9.17, 15) is 0 Å². The van der Waals surface area contributed by atoms with Gasteiger partial charge >= 0.3 is 0 Å². The van der Waals surface area contributed by atoms with Crippen molar-refractivity contribution >= 4 is 9.24 Å². The van der Waals surface area contributed by atoms with E-state index in [1.165, 1.54) is 25.7 Å². The van der Waals surface area contributed by atoms with Crippen LogP contribution in [0, 0.1) is 5.41 Å². The zero-order chi connectivity index (χ0) is 8.48. The highest BCUT2D eigenvalue weighted by molar-refractivity contribution is 7.22. The molecule has 1 fully saturated rings. The number of allylic oxidation sites excluding steroid dienone is 2. The molecule has 0 amide bonds. The molecular formula is C10H19P. The molecule has 0 aromatic carbocycles. The van der Waals surface area contributed by atoms with E-state index in [2.05, 4.69) is 30.0 Å². The van der Waals surface area contributed by atoms with E-state index in [0.29, 0.717) is 5.41 Å². The molecule has 64 valence electrons. The lowest BCUT2D eigenvalue weighted by Gasteiger charge is -2.21. The average molecular weight is 170 g/mol. The SMILES string of the molecule is CC(C)(C)C(P)=C1CCCC1. The number of hydrogen-bond donors (Lipinski definition) is 0. The normalized spacial score (nSPS) is 19.1. The largest absolute Gasteiger partial charge is 0.110 e. The first kappa shape index (κ1) is 9.26. The molecular weight excluding hydrogens is 151 g/mol. The third kappa shape index (κ3) is 2.30. The average Bonchev–Trinajstić information content (AvgIpc) is 2.34. The van der Waals surface area contributed by atoms with Gasteiger partial charge in [0.2, 0.25) is 0 Å². The van der Waals surface area contributed by atoms with Crippen LogP contribution in [-0.4, -0.2) is 0 Å². The highest BCUT2D eigenvalue weighted by Gasteiger charge is 2.19. The lowest BCUT2D eigenvalue weighted by atomic mass is 9.92. The minimum Gasteiger partial charge on any atom is -0.110 e. The van der Waals surface area contributed by atoms with Crippen molar-refractivity contribution in [3.05, 3.63) is 10.9 Å². The van der Waals surface area contributed by atoms with Crippen LogP contribution in [0.5, 0.6) is 0 Å². The van der Waals surface area contributed by atoms with Crippen LogP contribution < -0.4 is 0 Å². The third-order valence-electron chi connectivity index (χ3n) is 2.40. The zero-order valence-corrected chi connectivity index (χ0v) is 9.06. The molecule has 11 heavy (non-hydrogen) atoms. The summed E-state index contributed by atoms with van der Waals surface area (Å²) >= 11 is 0. The number of rotatable bonds is 0. The Kier molecular flexibility index (Phi) is 2.75. The van der Waals surface area contributed by atoms with Gasteiger partial charge in [0.1, 0.15) is 0 Å². The lowest BCUT2D eigenvalue weighted by molar-refractivity contribution is 0.526. The molecule has 0 aromatic rings. The molecule has 0 heterocycles. The fourth-order valence-electron chi connectivity index (χ4n) is 1.60. The van der Waals surface area contributed by atoms with Gasteiger partial charge in [0.25, 0.3) is 0 Å². The predicted molar refractivity (Wildman–Crippen MR) is 54.7 cm³/mol.